The Morgan fingerprint density at radius 1 is 1.10 bits per heavy atom. The minimum absolute atomic E-state index is 0.0886. The Morgan fingerprint density at radius 3 is 2.31 bits per heavy atom. The molecule has 0 saturated carbocycles. The van der Waals surface area contributed by atoms with Crippen LogP contribution in [0.4, 0.5) is 5.69 Å². The van der Waals surface area contributed by atoms with Crippen LogP contribution in [0.1, 0.15) is 32.8 Å². The zero-order chi connectivity index (χ0) is 21.8. The number of carbonyl (C=O) groups is 1. The van der Waals surface area contributed by atoms with E-state index < -0.39 is 15.9 Å². The van der Waals surface area contributed by atoms with Gasteiger partial charge in [0, 0.05) is 6.04 Å². The minimum atomic E-state index is -3.74. The second-order valence-corrected chi connectivity index (χ2v) is 10.5. The fourth-order valence-corrected chi connectivity index (χ4v) is 4.65. The highest BCUT2D eigenvalue weighted by molar-refractivity contribution is 7.92. The molecule has 8 heteroatoms. The maximum absolute atomic E-state index is 12.6. The van der Waals surface area contributed by atoms with Gasteiger partial charge in [-0.15, -0.1) is 0 Å². The lowest BCUT2D eigenvalue weighted by molar-refractivity contribution is -0.120. The zero-order valence-corrected chi connectivity index (χ0v) is 19.3. The van der Waals surface area contributed by atoms with Crippen molar-refractivity contribution in [3.05, 3.63) is 64.1 Å². The molecule has 0 heterocycles. The summed E-state index contributed by atoms with van der Waals surface area (Å²) in [7, 11) is -3.74. The first kappa shape index (κ1) is 23.5. The molecule has 29 heavy (non-hydrogen) atoms. The third-order valence-electron chi connectivity index (χ3n) is 4.67. The molecule has 1 amide bonds. The predicted octanol–water partition coefficient (Wildman–Crippen LogP) is 4.63. The van der Waals surface area contributed by atoms with E-state index in [-0.39, 0.29) is 33.7 Å². The van der Waals surface area contributed by atoms with Gasteiger partial charge in [0.05, 0.1) is 22.0 Å². The van der Waals surface area contributed by atoms with Crippen molar-refractivity contribution in [3.8, 4) is 0 Å². The molecule has 1 N–H and O–H groups in total. The molecule has 2 rings (SSSR count). The van der Waals surface area contributed by atoms with Crippen molar-refractivity contribution in [2.24, 2.45) is 0 Å². The van der Waals surface area contributed by atoms with Gasteiger partial charge >= 0.3 is 0 Å². The number of hydrogen-bond acceptors (Lipinski definition) is 3. The number of amides is 1. The molecule has 2 aromatic rings. The highest BCUT2D eigenvalue weighted by Gasteiger charge is 2.27. The quantitative estimate of drug-likeness (QED) is 0.629. The molecule has 2 aromatic carbocycles. The van der Waals surface area contributed by atoms with E-state index in [1.807, 2.05) is 25.1 Å². The number of benzene rings is 2. The first-order chi connectivity index (χ1) is 13.4. The van der Waals surface area contributed by atoms with Crippen molar-refractivity contribution >= 4 is 44.8 Å². The van der Waals surface area contributed by atoms with E-state index in [2.05, 4.69) is 31.3 Å². The average molecular weight is 457 g/mol. The van der Waals surface area contributed by atoms with Crippen molar-refractivity contribution in [3.63, 3.8) is 0 Å². The summed E-state index contributed by atoms with van der Waals surface area (Å²) in [5, 5.41) is 3.20. The SMILES string of the molecule is CC(CC(C)(C)c1ccccc1)NC(=O)CN(c1cccc(Cl)c1Cl)S(C)(=O)=O. The van der Waals surface area contributed by atoms with E-state index in [1.54, 1.807) is 12.1 Å². The minimum Gasteiger partial charge on any atom is -0.352 e. The largest absolute Gasteiger partial charge is 0.352 e. The summed E-state index contributed by atoms with van der Waals surface area (Å²) in [6.07, 6.45) is 1.72. The zero-order valence-electron chi connectivity index (χ0n) is 16.9. The first-order valence-corrected chi connectivity index (χ1v) is 11.8. The number of nitrogens with one attached hydrogen (secondary N) is 1. The van der Waals surface area contributed by atoms with Gasteiger partial charge in [-0.3, -0.25) is 9.10 Å². The van der Waals surface area contributed by atoms with Crippen LogP contribution in [0, 0.1) is 0 Å². The average Bonchev–Trinajstić information content (AvgIpc) is 2.61. The predicted molar refractivity (Wildman–Crippen MR) is 120 cm³/mol. The van der Waals surface area contributed by atoms with Gasteiger partial charge in [-0.1, -0.05) is 73.4 Å². The van der Waals surface area contributed by atoms with Gasteiger partial charge in [-0.25, -0.2) is 8.42 Å². The van der Waals surface area contributed by atoms with E-state index in [1.165, 1.54) is 11.6 Å². The second-order valence-electron chi connectivity index (χ2n) is 7.77. The Labute approximate surface area is 183 Å². The summed E-state index contributed by atoms with van der Waals surface area (Å²) < 4.78 is 25.5. The fourth-order valence-electron chi connectivity index (χ4n) is 3.34. The van der Waals surface area contributed by atoms with Gasteiger partial charge in [0.25, 0.3) is 0 Å². The number of anilines is 1. The van der Waals surface area contributed by atoms with Crippen LogP contribution >= 0.6 is 23.2 Å². The van der Waals surface area contributed by atoms with Gasteiger partial charge in [0.1, 0.15) is 6.54 Å². The van der Waals surface area contributed by atoms with Crippen LogP contribution in [0.5, 0.6) is 0 Å². The Kier molecular flexibility index (Phi) is 7.60. The molecular formula is C21H26Cl2N2O3S. The number of carbonyl (C=O) groups excluding carboxylic acids is 1. The van der Waals surface area contributed by atoms with Crippen LogP contribution in [-0.2, 0) is 20.2 Å². The lowest BCUT2D eigenvalue weighted by Crippen LogP contribution is -2.44. The van der Waals surface area contributed by atoms with E-state index >= 15 is 0 Å². The maximum Gasteiger partial charge on any atom is 0.240 e. The highest BCUT2D eigenvalue weighted by atomic mass is 35.5. The number of sulfonamides is 1. The molecule has 5 nitrogen and oxygen atoms in total. The number of hydrogen-bond donors (Lipinski definition) is 1. The van der Waals surface area contributed by atoms with E-state index in [9.17, 15) is 13.2 Å². The fraction of sp³-hybridized carbons (Fsp3) is 0.381. The van der Waals surface area contributed by atoms with Crippen molar-refractivity contribution in [1.82, 2.24) is 5.32 Å². The molecule has 0 radical (unpaired) electrons. The summed E-state index contributed by atoms with van der Waals surface area (Å²) in [6, 6.07) is 14.6. The molecule has 0 bridgehead atoms. The van der Waals surface area contributed by atoms with Gasteiger partial charge < -0.3 is 5.32 Å². The Bertz CT molecular complexity index is 963. The molecule has 158 valence electrons. The molecule has 0 spiro atoms. The van der Waals surface area contributed by atoms with Gasteiger partial charge in [-0.2, -0.15) is 0 Å². The normalized spacial score (nSPS) is 13.0. The van der Waals surface area contributed by atoms with Crippen molar-refractivity contribution in [2.45, 2.75) is 38.6 Å². The Balaban J connectivity index is 2.11. The third-order valence-corrected chi connectivity index (χ3v) is 6.60. The Morgan fingerprint density at radius 2 is 1.72 bits per heavy atom. The molecule has 0 aliphatic rings. The van der Waals surface area contributed by atoms with Crippen LogP contribution in [-0.4, -0.2) is 33.2 Å². The summed E-state index contributed by atoms with van der Waals surface area (Å²) >= 11 is 12.2. The third kappa shape index (κ3) is 6.36. The summed E-state index contributed by atoms with van der Waals surface area (Å²) in [5.74, 6) is -0.414. The monoisotopic (exact) mass is 456 g/mol. The van der Waals surface area contributed by atoms with Gasteiger partial charge in [-0.05, 0) is 36.5 Å². The van der Waals surface area contributed by atoms with Crippen LogP contribution in [0.25, 0.3) is 0 Å². The lowest BCUT2D eigenvalue weighted by Gasteiger charge is -2.30. The van der Waals surface area contributed by atoms with E-state index in [4.69, 9.17) is 23.2 Å². The summed E-state index contributed by atoms with van der Waals surface area (Å²) in [4.78, 5) is 12.6. The summed E-state index contributed by atoms with van der Waals surface area (Å²) in [5.41, 5.74) is 1.19. The number of nitrogens with zero attached hydrogens (tertiary/aromatic N) is 1. The van der Waals surface area contributed by atoms with Crippen molar-refractivity contribution in [1.29, 1.82) is 0 Å². The van der Waals surface area contributed by atoms with Crippen molar-refractivity contribution in [2.75, 3.05) is 17.1 Å². The smallest absolute Gasteiger partial charge is 0.240 e. The molecule has 0 saturated heterocycles. The van der Waals surface area contributed by atoms with Crippen LogP contribution < -0.4 is 9.62 Å². The Hall–Kier alpha value is -1.76. The van der Waals surface area contributed by atoms with Crippen LogP contribution in [0.3, 0.4) is 0 Å². The topological polar surface area (TPSA) is 66.5 Å². The maximum atomic E-state index is 12.6. The van der Waals surface area contributed by atoms with Crippen LogP contribution in [0.15, 0.2) is 48.5 Å². The first-order valence-electron chi connectivity index (χ1n) is 9.18. The lowest BCUT2D eigenvalue weighted by atomic mass is 9.79. The molecule has 0 aliphatic heterocycles. The number of halogens is 2. The standard InChI is InChI=1S/C21H26Cl2N2O3S/c1-15(13-21(2,3)16-9-6-5-7-10-16)24-19(26)14-25(29(4,27)28)18-12-8-11-17(22)20(18)23/h5-12,15H,13-14H2,1-4H3,(H,24,26). The molecule has 1 atom stereocenters. The molecular weight excluding hydrogens is 431 g/mol. The molecule has 0 aromatic heterocycles. The molecule has 1 unspecified atom stereocenters. The molecule has 0 fully saturated rings. The molecule has 0 aliphatic carbocycles. The second kappa shape index (κ2) is 9.37. The summed E-state index contributed by atoms with van der Waals surface area (Å²) in [6.45, 7) is 5.74. The van der Waals surface area contributed by atoms with Crippen molar-refractivity contribution < 1.29 is 13.2 Å². The van der Waals surface area contributed by atoms with Gasteiger partial charge in [0.2, 0.25) is 15.9 Å². The van der Waals surface area contributed by atoms with E-state index in [0.717, 1.165) is 10.6 Å². The highest BCUT2D eigenvalue weighted by Crippen LogP contribution is 2.33. The van der Waals surface area contributed by atoms with Crippen LogP contribution in [0.2, 0.25) is 10.0 Å². The number of rotatable bonds is 8. The van der Waals surface area contributed by atoms with E-state index in [0.29, 0.717) is 6.42 Å². The van der Waals surface area contributed by atoms with Gasteiger partial charge in [0.15, 0.2) is 0 Å².